The molecule has 1 aromatic carbocycles. The minimum Gasteiger partial charge on any atom is -0.364 e. The van der Waals surface area contributed by atoms with Gasteiger partial charge in [0.15, 0.2) is 6.29 Å². The molecule has 0 N–H and O–H groups in total. The van der Waals surface area contributed by atoms with Crippen LogP contribution in [0.5, 0.6) is 0 Å². The number of rotatable bonds is 2. The van der Waals surface area contributed by atoms with E-state index in [2.05, 4.69) is 23.3 Å². The van der Waals surface area contributed by atoms with Crippen LogP contribution in [0.1, 0.15) is 33.8 Å². The summed E-state index contributed by atoms with van der Waals surface area (Å²) in [7, 11) is 0. The lowest BCUT2D eigenvalue weighted by Crippen LogP contribution is -2.33. The Hall–Kier alpha value is -1.61. The van der Waals surface area contributed by atoms with Crippen LogP contribution in [0.15, 0.2) is 35.7 Å². The molecule has 3 heteroatoms. The van der Waals surface area contributed by atoms with Crippen LogP contribution in [-0.4, -0.2) is 12.8 Å². The van der Waals surface area contributed by atoms with Crippen LogP contribution < -0.4 is 4.90 Å². The number of carbonyl (C=O) groups excluding carboxylic acids is 1. The van der Waals surface area contributed by atoms with E-state index >= 15 is 0 Å². The fourth-order valence-corrected chi connectivity index (χ4v) is 3.65. The fraction of sp³-hybridized carbons (Fsp3) is 0.267. The second kappa shape index (κ2) is 4.58. The highest BCUT2D eigenvalue weighted by molar-refractivity contribution is 7.10. The Morgan fingerprint density at radius 2 is 2.17 bits per heavy atom. The monoisotopic (exact) mass is 257 g/mol. The first-order valence-corrected chi connectivity index (χ1v) is 7.06. The summed E-state index contributed by atoms with van der Waals surface area (Å²) in [5.74, 6) is 0. The largest absolute Gasteiger partial charge is 0.364 e. The number of nitrogens with zero attached hydrogens (tertiary/aromatic N) is 1. The Bertz CT molecular complexity index is 575. The lowest BCUT2D eigenvalue weighted by atomic mass is 9.99. The lowest BCUT2D eigenvalue weighted by molar-refractivity contribution is 0.112. The van der Waals surface area contributed by atoms with Crippen molar-refractivity contribution in [1.82, 2.24) is 0 Å². The highest BCUT2D eigenvalue weighted by atomic mass is 32.1. The summed E-state index contributed by atoms with van der Waals surface area (Å²) in [5.41, 5.74) is 3.24. The third-order valence-electron chi connectivity index (χ3n) is 3.65. The van der Waals surface area contributed by atoms with Crippen molar-refractivity contribution in [2.75, 3.05) is 11.4 Å². The minimum atomic E-state index is 0.348. The van der Waals surface area contributed by atoms with E-state index in [1.54, 1.807) is 0 Å². The first kappa shape index (κ1) is 11.5. The van der Waals surface area contributed by atoms with Crippen molar-refractivity contribution in [3.63, 3.8) is 0 Å². The van der Waals surface area contributed by atoms with Gasteiger partial charge in [0.2, 0.25) is 0 Å². The van der Waals surface area contributed by atoms with Crippen molar-refractivity contribution in [3.8, 4) is 0 Å². The summed E-state index contributed by atoms with van der Waals surface area (Å²) in [6, 6.07) is 10.4. The quantitative estimate of drug-likeness (QED) is 0.765. The van der Waals surface area contributed by atoms with Gasteiger partial charge in [0.05, 0.1) is 6.04 Å². The average molecular weight is 257 g/mol. The highest BCUT2D eigenvalue weighted by Crippen LogP contribution is 2.36. The number of thiophene rings is 1. The molecule has 1 aliphatic heterocycles. The molecule has 1 unspecified atom stereocenters. The molecule has 0 spiro atoms. The minimum absolute atomic E-state index is 0.348. The van der Waals surface area contributed by atoms with Crippen LogP contribution in [0.2, 0.25) is 0 Å². The van der Waals surface area contributed by atoms with E-state index < -0.39 is 0 Å². The van der Waals surface area contributed by atoms with Crippen LogP contribution >= 0.6 is 11.3 Å². The van der Waals surface area contributed by atoms with Gasteiger partial charge in [-0.3, -0.25) is 4.79 Å². The van der Waals surface area contributed by atoms with Crippen molar-refractivity contribution >= 4 is 23.3 Å². The van der Waals surface area contributed by atoms with E-state index in [9.17, 15) is 4.79 Å². The number of para-hydroxylation sites is 1. The van der Waals surface area contributed by atoms with Gasteiger partial charge < -0.3 is 4.90 Å². The molecular formula is C15H15NOS. The van der Waals surface area contributed by atoms with Gasteiger partial charge in [-0.2, -0.15) is 0 Å². The summed E-state index contributed by atoms with van der Waals surface area (Å²) in [4.78, 5) is 15.0. The number of aldehydes is 1. The van der Waals surface area contributed by atoms with Gasteiger partial charge in [0, 0.05) is 22.7 Å². The fourth-order valence-electron chi connectivity index (χ4n) is 2.69. The van der Waals surface area contributed by atoms with Gasteiger partial charge in [-0.05, 0) is 42.5 Å². The Balaban J connectivity index is 2.01. The number of benzene rings is 1. The third kappa shape index (κ3) is 1.75. The molecule has 1 atom stereocenters. The summed E-state index contributed by atoms with van der Waals surface area (Å²) < 4.78 is 0. The standard InChI is InChI=1S/C15H15NOS/c1-11-13-7-9-18-15(13)6-8-16(11)14-5-3-2-4-12(14)10-17/h2-5,7,9-11H,6,8H2,1H3. The van der Waals surface area contributed by atoms with E-state index in [0.29, 0.717) is 6.04 Å². The van der Waals surface area contributed by atoms with Crippen molar-refractivity contribution in [2.45, 2.75) is 19.4 Å². The van der Waals surface area contributed by atoms with Crippen LogP contribution in [0, 0.1) is 0 Å². The van der Waals surface area contributed by atoms with Gasteiger partial charge in [-0.1, -0.05) is 12.1 Å². The highest BCUT2D eigenvalue weighted by Gasteiger charge is 2.25. The van der Waals surface area contributed by atoms with E-state index in [1.807, 2.05) is 35.6 Å². The van der Waals surface area contributed by atoms with E-state index in [4.69, 9.17) is 0 Å². The van der Waals surface area contributed by atoms with Gasteiger partial charge in [-0.25, -0.2) is 0 Å². The van der Waals surface area contributed by atoms with Gasteiger partial charge in [0.25, 0.3) is 0 Å². The molecule has 0 fully saturated rings. The van der Waals surface area contributed by atoms with Crippen LogP contribution in [-0.2, 0) is 6.42 Å². The zero-order valence-electron chi connectivity index (χ0n) is 10.3. The zero-order chi connectivity index (χ0) is 12.5. The Labute approximate surface area is 111 Å². The molecule has 1 aliphatic rings. The van der Waals surface area contributed by atoms with Crippen molar-refractivity contribution in [1.29, 1.82) is 0 Å². The molecular weight excluding hydrogens is 242 g/mol. The molecule has 0 aliphatic carbocycles. The lowest BCUT2D eigenvalue weighted by Gasteiger charge is -2.36. The van der Waals surface area contributed by atoms with E-state index in [-0.39, 0.29) is 0 Å². The SMILES string of the molecule is CC1c2ccsc2CCN1c1ccccc1C=O. The molecule has 0 saturated carbocycles. The number of hydrogen-bond acceptors (Lipinski definition) is 3. The molecule has 0 saturated heterocycles. The van der Waals surface area contributed by atoms with Gasteiger partial charge in [-0.15, -0.1) is 11.3 Å². The van der Waals surface area contributed by atoms with Crippen LogP contribution in [0.4, 0.5) is 5.69 Å². The Morgan fingerprint density at radius 1 is 1.33 bits per heavy atom. The summed E-state index contributed by atoms with van der Waals surface area (Å²) in [5, 5.41) is 2.16. The molecule has 0 bridgehead atoms. The molecule has 92 valence electrons. The van der Waals surface area contributed by atoms with Crippen LogP contribution in [0.25, 0.3) is 0 Å². The zero-order valence-corrected chi connectivity index (χ0v) is 11.1. The average Bonchev–Trinajstić information content (AvgIpc) is 2.88. The summed E-state index contributed by atoms with van der Waals surface area (Å²) in [6.45, 7) is 3.20. The Kier molecular flexibility index (Phi) is 2.92. The molecule has 2 heterocycles. The molecule has 2 aromatic rings. The number of anilines is 1. The normalized spacial score (nSPS) is 18.5. The maximum atomic E-state index is 11.1. The molecule has 0 radical (unpaired) electrons. The Morgan fingerprint density at radius 3 is 3.00 bits per heavy atom. The molecule has 0 amide bonds. The van der Waals surface area contributed by atoms with E-state index in [1.165, 1.54) is 10.4 Å². The molecule has 3 rings (SSSR count). The first-order chi connectivity index (χ1) is 8.81. The maximum absolute atomic E-state index is 11.1. The summed E-state index contributed by atoms with van der Waals surface area (Å²) >= 11 is 1.84. The molecule has 18 heavy (non-hydrogen) atoms. The maximum Gasteiger partial charge on any atom is 0.152 e. The summed E-state index contributed by atoms with van der Waals surface area (Å²) in [6.07, 6.45) is 2.02. The number of carbonyl (C=O) groups is 1. The van der Waals surface area contributed by atoms with Gasteiger partial charge >= 0.3 is 0 Å². The number of hydrogen-bond donors (Lipinski definition) is 0. The van der Waals surface area contributed by atoms with Gasteiger partial charge in [0.1, 0.15) is 0 Å². The predicted molar refractivity (Wildman–Crippen MR) is 75.6 cm³/mol. The van der Waals surface area contributed by atoms with Crippen molar-refractivity contribution < 1.29 is 4.79 Å². The third-order valence-corrected chi connectivity index (χ3v) is 4.65. The van der Waals surface area contributed by atoms with E-state index in [0.717, 1.165) is 30.5 Å². The molecule has 2 nitrogen and oxygen atoms in total. The van der Waals surface area contributed by atoms with Crippen molar-refractivity contribution in [3.05, 3.63) is 51.7 Å². The van der Waals surface area contributed by atoms with Crippen molar-refractivity contribution in [2.24, 2.45) is 0 Å². The second-order valence-electron chi connectivity index (χ2n) is 4.60. The molecule has 1 aromatic heterocycles. The topological polar surface area (TPSA) is 20.3 Å². The first-order valence-electron chi connectivity index (χ1n) is 6.18. The second-order valence-corrected chi connectivity index (χ2v) is 5.60. The van der Waals surface area contributed by atoms with Crippen LogP contribution in [0.3, 0.4) is 0 Å². The number of fused-ring (bicyclic) bond motifs is 1. The predicted octanol–water partition coefficient (Wildman–Crippen LogP) is 3.68. The smallest absolute Gasteiger partial charge is 0.152 e.